The van der Waals surface area contributed by atoms with Crippen molar-refractivity contribution in [1.29, 1.82) is 0 Å². The van der Waals surface area contributed by atoms with Crippen LogP contribution in [-0.2, 0) is 14.8 Å². The van der Waals surface area contributed by atoms with E-state index in [1.165, 1.54) is 0 Å². The fourth-order valence-electron chi connectivity index (χ4n) is 4.06. The van der Waals surface area contributed by atoms with Gasteiger partial charge in [0.2, 0.25) is 21.1 Å². The second-order valence-corrected chi connectivity index (χ2v) is 11.5. The highest BCUT2D eigenvalue weighted by Crippen LogP contribution is 2.35. The van der Waals surface area contributed by atoms with E-state index in [1.54, 1.807) is 18.1 Å². The molecule has 4 aromatic rings. The minimum atomic E-state index is -5.08. The number of carbonyl (C=O) groups is 1. The lowest BCUT2D eigenvalue weighted by Gasteiger charge is -2.28. The van der Waals surface area contributed by atoms with E-state index < -0.39 is 22.2 Å². The number of hydrogen-bond donors (Lipinski definition) is 4. The van der Waals surface area contributed by atoms with E-state index in [0.29, 0.717) is 17.1 Å². The van der Waals surface area contributed by atoms with E-state index in [9.17, 15) is 21.6 Å². The molecule has 0 bridgehead atoms. The van der Waals surface area contributed by atoms with Gasteiger partial charge in [-0.15, -0.1) is 5.10 Å². The number of H-pyrrole nitrogens is 2. The summed E-state index contributed by atoms with van der Waals surface area (Å²) in [5.41, 5.74) is 2.72. The van der Waals surface area contributed by atoms with E-state index >= 15 is 0 Å². The first-order valence-electron chi connectivity index (χ1n) is 11.5. The number of alkyl halides is 3. The van der Waals surface area contributed by atoms with Gasteiger partial charge in [-0.25, -0.2) is 28.3 Å². The molecule has 0 spiro atoms. The number of hydrogen-bond acceptors (Lipinski definition) is 9. The first-order chi connectivity index (χ1) is 18.4. The highest BCUT2D eigenvalue weighted by atomic mass is 32.2. The lowest BCUT2D eigenvalue weighted by molar-refractivity contribution is -0.192. The Balaban J connectivity index is 0.000000448. The van der Waals surface area contributed by atoms with Crippen LogP contribution in [0.15, 0.2) is 36.1 Å². The lowest BCUT2D eigenvalue weighted by atomic mass is 9.87. The number of halogens is 3. The topological polar surface area (TPSA) is 184 Å². The first-order valence-corrected chi connectivity index (χ1v) is 14.4. The van der Waals surface area contributed by atoms with Crippen molar-refractivity contribution in [3.05, 3.63) is 31.0 Å². The summed E-state index contributed by atoms with van der Waals surface area (Å²) in [7, 11) is -3.37. The Hall–Kier alpha value is -3.67. The van der Waals surface area contributed by atoms with Crippen LogP contribution in [0.3, 0.4) is 0 Å². The smallest absolute Gasteiger partial charge is 0.475 e. The summed E-state index contributed by atoms with van der Waals surface area (Å²) >= 11 is 1.55. The fraction of sp³-hybridized carbons (Fsp3) is 0.429. The minimum Gasteiger partial charge on any atom is -0.475 e. The van der Waals surface area contributed by atoms with Gasteiger partial charge in [-0.1, -0.05) is 11.8 Å². The molecule has 4 aromatic heterocycles. The Morgan fingerprint density at radius 2 is 1.97 bits per heavy atom. The molecule has 0 amide bonds. The molecule has 0 radical (unpaired) electrons. The Kier molecular flexibility index (Phi) is 8.43. The number of anilines is 1. The Morgan fingerprint density at radius 1 is 1.26 bits per heavy atom. The van der Waals surface area contributed by atoms with Crippen LogP contribution in [0, 0.1) is 5.92 Å². The maximum absolute atomic E-state index is 11.3. The SMILES string of the molecule is CS(=O)(=O)Nc1nc(SCC2CCC(n3cc(-c4ncnc5[nH]ccc45)cn3)CC2)n[nH]1.O=C(O)C(F)(F)F. The van der Waals surface area contributed by atoms with Crippen molar-refractivity contribution in [3.63, 3.8) is 0 Å². The molecule has 13 nitrogen and oxygen atoms in total. The summed E-state index contributed by atoms with van der Waals surface area (Å²) in [5, 5.41) is 20.0. The van der Waals surface area contributed by atoms with E-state index in [4.69, 9.17) is 9.90 Å². The number of carboxylic acid groups (broad SMARTS) is 1. The molecular formula is C21H24F3N9O4S2. The summed E-state index contributed by atoms with van der Waals surface area (Å²) in [6, 6.07) is 2.36. The summed E-state index contributed by atoms with van der Waals surface area (Å²) in [6.07, 6.45) is 7.72. The second-order valence-electron chi connectivity index (χ2n) is 8.80. The van der Waals surface area contributed by atoms with Crippen LogP contribution in [0.5, 0.6) is 0 Å². The van der Waals surface area contributed by atoms with E-state index in [1.807, 2.05) is 18.5 Å². The zero-order valence-electron chi connectivity index (χ0n) is 20.4. The van der Waals surface area contributed by atoms with E-state index in [0.717, 1.165) is 60.0 Å². The maximum Gasteiger partial charge on any atom is 0.490 e. The largest absolute Gasteiger partial charge is 0.490 e. The molecule has 1 aliphatic carbocycles. The van der Waals surface area contributed by atoms with Crippen molar-refractivity contribution in [2.45, 2.75) is 43.1 Å². The number of sulfonamides is 1. The van der Waals surface area contributed by atoms with Gasteiger partial charge in [0.15, 0.2) is 0 Å². The normalized spacial score (nSPS) is 17.9. The quantitative estimate of drug-likeness (QED) is 0.233. The summed E-state index contributed by atoms with van der Waals surface area (Å²) < 4.78 is 58.6. The average Bonchev–Trinajstić information content (AvgIpc) is 3.62. The van der Waals surface area contributed by atoms with Crippen LogP contribution in [-0.4, -0.2) is 77.6 Å². The van der Waals surface area contributed by atoms with Crippen molar-refractivity contribution >= 4 is 44.7 Å². The van der Waals surface area contributed by atoms with Crippen molar-refractivity contribution < 1.29 is 31.5 Å². The number of fused-ring (bicyclic) bond motifs is 1. The summed E-state index contributed by atoms with van der Waals surface area (Å²) in [4.78, 5) is 24.9. The van der Waals surface area contributed by atoms with Gasteiger partial charge in [0.05, 0.1) is 24.2 Å². The molecule has 0 aromatic carbocycles. The molecule has 4 heterocycles. The van der Waals surface area contributed by atoms with Crippen molar-refractivity contribution in [1.82, 2.24) is 39.9 Å². The summed E-state index contributed by atoms with van der Waals surface area (Å²) in [5.74, 6) is -1.14. The molecule has 1 fully saturated rings. The third-order valence-corrected chi connectivity index (χ3v) is 7.50. The Morgan fingerprint density at radius 3 is 2.64 bits per heavy atom. The van der Waals surface area contributed by atoms with Crippen molar-refractivity contribution in [3.8, 4) is 11.3 Å². The molecule has 39 heavy (non-hydrogen) atoms. The fourth-order valence-corrected chi connectivity index (χ4v) is 5.49. The standard InChI is InChI=1S/C19H23N9O2S2.C2HF3O2/c1-32(29,30)27-18-24-19(26-25-18)31-10-12-2-4-14(5-3-12)28-9-13(8-23-28)16-15-6-7-20-17(15)22-11-21-16;3-2(4,5)1(6)7/h6-9,11-12,14H,2-5,10H2,1H3,(H,20,21,22)(H2,24,25,26,27);(H,6,7). The average molecular weight is 588 g/mol. The number of thioether (sulfide) groups is 1. The minimum absolute atomic E-state index is 0.147. The van der Waals surface area contributed by atoms with E-state index in [2.05, 4.69) is 50.8 Å². The van der Waals surface area contributed by atoms with Gasteiger partial charge in [-0.2, -0.15) is 23.3 Å². The monoisotopic (exact) mass is 587 g/mol. The highest BCUT2D eigenvalue weighted by Gasteiger charge is 2.38. The molecule has 5 rings (SSSR count). The van der Waals surface area contributed by atoms with Crippen LogP contribution in [0.4, 0.5) is 19.1 Å². The number of aliphatic carboxylic acids is 1. The van der Waals surface area contributed by atoms with Crippen molar-refractivity contribution in [2.75, 3.05) is 16.7 Å². The van der Waals surface area contributed by atoms with Crippen molar-refractivity contribution in [2.24, 2.45) is 5.92 Å². The highest BCUT2D eigenvalue weighted by molar-refractivity contribution is 7.99. The molecule has 0 unspecified atom stereocenters. The molecule has 1 aliphatic rings. The molecule has 210 valence electrons. The van der Waals surface area contributed by atoms with E-state index in [-0.39, 0.29) is 5.95 Å². The van der Waals surface area contributed by atoms with Gasteiger partial charge in [0.1, 0.15) is 12.0 Å². The first kappa shape index (κ1) is 28.3. The number of rotatable bonds is 7. The Bertz CT molecular complexity index is 1530. The van der Waals surface area contributed by atoms with Gasteiger partial charge in [-0.05, 0) is 37.7 Å². The molecule has 1 saturated carbocycles. The Labute approximate surface area is 224 Å². The van der Waals surface area contributed by atoms with Gasteiger partial charge in [-0.3, -0.25) is 9.40 Å². The molecule has 18 heteroatoms. The number of carboxylic acids is 1. The van der Waals surface area contributed by atoms with Crippen LogP contribution in [0.1, 0.15) is 31.7 Å². The van der Waals surface area contributed by atoms with Gasteiger partial charge < -0.3 is 10.1 Å². The van der Waals surface area contributed by atoms with Crippen LogP contribution in [0.25, 0.3) is 22.3 Å². The number of nitrogens with one attached hydrogen (secondary N) is 3. The third kappa shape index (κ3) is 7.69. The van der Waals surface area contributed by atoms with Crippen LogP contribution in [0.2, 0.25) is 0 Å². The number of aromatic amines is 2. The molecular weight excluding hydrogens is 563 g/mol. The zero-order chi connectivity index (χ0) is 28.2. The van der Waals surface area contributed by atoms with Crippen LogP contribution >= 0.6 is 11.8 Å². The van der Waals surface area contributed by atoms with Gasteiger partial charge >= 0.3 is 12.1 Å². The van der Waals surface area contributed by atoms with Gasteiger partial charge in [0.25, 0.3) is 0 Å². The maximum atomic E-state index is 11.3. The van der Waals surface area contributed by atoms with Gasteiger partial charge in [0, 0.05) is 29.1 Å². The molecule has 0 atom stereocenters. The molecule has 0 saturated heterocycles. The zero-order valence-corrected chi connectivity index (χ0v) is 22.0. The third-order valence-electron chi connectivity index (χ3n) is 5.86. The summed E-state index contributed by atoms with van der Waals surface area (Å²) in [6.45, 7) is 0. The predicted octanol–water partition coefficient (Wildman–Crippen LogP) is 3.47. The van der Waals surface area contributed by atoms with Crippen LogP contribution < -0.4 is 4.72 Å². The molecule has 4 N–H and O–H groups in total. The second kappa shape index (κ2) is 11.6. The molecule has 0 aliphatic heterocycles. The number of nitrogens with zero attached hydrogens (tertiary/aromatic N) is 6. The lowest BCUT2D eigenvalue weighted by Crippen LogP contribution is -2.21. The predicted molar refractivity (Wildman–Crippen MR) is 135 cm³/mol. The number of aromatic nitrogens is 8.